The highest BCUT2D eigenvalue weighted by atomic mass is 16.5. The smallest absolute Gasteiger partial charge is 0.295 e. The number of aliphatic hydroxyl groups excluding tert-OH is 1. The zero-order chi connectivity index (χ0) is 20.4. The molecule has 6 heteroatoms. The standard InChI is InChI=1S/C23H23NO5/c1-28-17-11-9-16(10-12-17)21(25)19-20(15-6-3-2-4-7-15)24(23(27)22(19)26)14-18-8-5-13-29-18/h2-4,6-7,9-12,18,20,25H,5,8,13-14H2,1H3. The van der Waals surface area contributed by atoms with Crippen LogP contribution in [0.25, 0.3) is 5.76 Å². The molecule has 2 unspecified atom stereocenters. The lowest BCUT2D eigenvalue weighted by Crippen LogP contribution is -2.36. The Morgan fingerprint density at radius 3 is 2.48 bits per heavy atom. The fourth-order valence-electron chi connectivity index (χ4n) is 3.96. The maximum Gasteiger partial charge on any atom is 0.295 e. The van der Waals surface area contributed by atoms with Crippen LogP contribution in [-0.2, 0) is 14.3 Å². The van der Waals surface area contributed by atoms with Crippen LogP contribution in [0.3, 0.4) is 0 Å². The van der Waals surface area contributed by atoms with Crippen LogP contribution in [0.2, 0.25) is 0 Å². The van der Waals surface area contributed by atoms with Gasteiger partial charge in [0.2, 0.25) is 0 Å². The van der Waals surface area contributed by atoms with E-state index in [-0.39, 0.29) is 17.4 Å². The Labute approximate surface area is 169 Å². The minimum atomic E-state index is -0.676. The summed E-state index contributed by atoms with van der Waals surface area (Å²) in [4.78, 5) is 27.3. The normalized spacial score (nSPS) is 23.6. The van der Waals surface area contributed by atoms with E-state index in [4.69, 9.17) is 9.47 Å². The Balaban J connectivity index is 1.79. The van der Waals surface area contributed by atoms with Crippen LogP contribution in [0.1, 0.15) is 30.0 Å². The van der Waals surface area contributed by atoms with E-state index in [0.717, 1.165) is 18.4 Å². The Morgan fingerprint density at radius 2 is 1.86 bits per heavy atom. The van der Waals surface area contributed by atoms with Crippen molar-refractivity contribution in [3.8, 4) is 5.75 Å². The molecule has 2 aromatic carbocycles. The molecule has 2 aliphatic heterocycles. The first kappa shape index (κ1) is 19.2. The van der Waals surface area contributed by atoms with E-state index >= 15 is 0 Å². The third-order valence-corrected chi connectivity index (χ3v) is 5.44. The van der Waals surface area contributed by atoms with Crippen molar-refractivity contribution >= 4 is 17.4 Å². The van der Waals surface area contributed by atoms with Gasteiger partial charge in [-0.05, 0) is 42.7 Å². The number of methoxy groups -OCH3 is 1. The first-order valence-electron chi connectivity index (χ1n) is 9.69. The number of carbonyl (C=O) groups is 2. The number of ketones is 1. The second-order valence-electron chi connectivity index (χ2n) is 7.23. The van der Waals surface area contributed by atoms with Gasteiger partial charge in [0.15, 0.2) is 0 Å². The van der Waals surface area contributed by atoms with E-state index in [9.17, 15) is 14.7 Å². The predicted octanol–water partition coefficient (Wildman–Crippen LogP) is 3.30. The van der Waals surface area contributed by atoms with Gasteiger partial charge in [-0.2, -0.15) is 0 Å². The molecule has 4 rings (SSSR count). The molecule has 2 saturated heterocycles. The SMILES string of the molecule is COc1ccc(C(O)=C2C(=O)C(=O)N(CC3CCCO3)C2c2ccccc2)cc1. The average molecular weight is 393 g/mol. The molecule has 0 aliphatic carbocycles. The van der Waals surface area contributed by atoms with Crippen LogP contribution in [-0.4, -0.2) is 48.1 Å². The second-order valence-corrected chi connectivity index (χ2v) is 7.23. The summed E-state index contributed by atoms with van der Waals surface area (Å²) in [5.74, 6) is -0.829. The molecular weight excluding hydrogens is 370 g/mol. The molecule has 2 heterocycles. The van der Waals surface area contributed by atoms with Crippen molar-refractivity contribution in [2.45, 2.75) is 25.0 Å². The van der Waals surface area contributed by atoms with Crippen LogP contribution >= 0.6 is 0 Å². The van der Waals surface area contributed by atoms with Gasteiger partial charge in [-0.1, -0.05) is 30.3 Å². The highest BCUT2D eigenvalue weighted by molar-refractivity contribution is 6.46. The van der Waals surface area contributed by atoms with Crippen molar-refractivity contribution in [1.29, 1.82) is 0 Å². The summed E-state index contributed by atoms with van der Waals surface area (Å²) < 4.78 is 10.8. The maximum atomic E-state index is 12.9. The number of carbonyl (C=O) groups excluding carboxylic acids is 2. The molecule has 0 spiro atoms. The van der Waals surface area contributed by atoms with E-state index in [1.165, 1.54) is 4.90 Å². The molecule has 150 valence electrons. The van der Waals surface area contributed by atoms with Crippen molar-refractivity contribution in [2.75, 3.05) is 20.3 Å². The van der Waals surface area contributed by atoms with Gasteiger partial charge in [0.25, 0.3) is 11.7 Å². The Bertz CT molecular complexity index is 930. The molecule has 2 aliphatic rings. The third kappa shape index (κ3) is 3.63. The van der Waals surface area contributed by atoms with E-state index in [2.05, 4.69) is 0 Å². The number of amides is 1. The van der Waals surface area contributed by atoms with Gasteiger partial charge in [0, 0.05) is 18.7 Å². The summed E-state index contributed by atoms with van der Waals surface area (Å²) in [6.45, 7) is 0.986. The Kier molecular flexibility index (Phi) is 5.36. The molecule has 0 radical (unpaired) electrons. The largest absolute Gasteiger partial charge is 0.507 e. The summed E-state index contributed by atoms with van der Waals surface area (Å²) >= 11 is 0. The number of hydrogen-bond donors (Lipinski definition) is 1. The summed E-state index contributed by atoms with van der Waals surface area (Å²) in [5, 5.41) is 11.0. The first-order chi connectivity index (χ1) is 14.1. The van der Waals surface area contributed by atoms with E-state index in [1.54, 1.807) is 31.4 Å². The van der Waals surface area contributed by atoms with Crippen LogP contribution in [0.4, 0.5) is 0 Å². The number of benzene rings is 2. The van der Waals surface area contributed by atoms with Crippen LogP contribution < -0.4 is 4.74 Å². The highest BCUT2D eigenvalue weighted by Gasteiger charge is 2.46. The number of likely N-dealkylation sites (tertiary alicyclic amines) is 1. The van der Waals surface area contributed by atoms with Crippen LogP contribution in [0, 0.1) is 0 Å². The fourth-order valence-corrected chi connectivity index (χ4v) is 3.96. The lowest BCUT2D eigenvalue weighted by Gasteiger charge is -2.27. The Morgan fingerprint density at radius 1 is 1.14 bits per heavy atom. The fraction of sp³-hybridized carbons (Fsp3) is 0.304. The number of ether oxygens (including phenoxy) is 2. The van der Waals surface area contributed by atoms with Gasteiger partial charge in [-0.25, -0.2) is 0 Å². The van der Waals surface area contributed by atoms with Gasteiger partial charge >= 0.3 is 0 Å². The molecule has 29 heavy (non-hydrogen) atoms. The summed E-state index contributed by atoms with van der Waals surface area (Å²) in [6.07, 6.45) is 1.69. The van der Waals surface area contributed by atoms with Crippen molar-refractivity contribution in [3.05, 3.63) is 71.3 Å². The van der Waals surface area contributed by atoms with Crippen molar-refractivity contribution in [3.63, 3.8) is 0 Å². The van der Waals surface area contributed by atoms with Gasteiger partial charge < -0.3 is 19.5 Å². The zero-order valence-corrected chi connectivity index (χ0v) is 16.2. The first-order valence-corrected chi connectivity index (χ1v) is 9.69. The number of Topliss-reactive ketones (excluding diaryl/α,β-unsaturated/α-hetero) is 1. The molecule has 1 N–H and O–H groups in total. The number of hydrogen-bond acceptors (Lipinski definition) is 5. The van der Waals surface area contributed by atoms with Crippen molar-refractivity contribution in [1.82, 2.24) is 4.90 Å². The Hall–Kier alpha value is -3.12. The van der Waals surface area contributed by atoms with Gasteiger partial charge in [0.05, 0.1) is 24.8 Å². The van der Waals surface area contributed by atoms with Crippen molar-refractivity contribution < 1.29 is 24.2 Å². The van der Waals surface area contributed by atoms with E-state index in [1.807, 2.05) is 30.3 Å². The van der Waals surface area contributed by atoms with Crippen LogP contribution in [0.5, 0.6) is 5.75 Å². The monoisotopic (exact) mass is 393 g/mol. The van der Waals surface area contributed by atoms with Gasteiger partial charge in [-0.3, -0.25) is 9.59 Å². The maximum absolute atomic E-state index is 12.9. The van der Waals surface area contributed by atoms with Gasteiger partial charge in [0.1, 0.15) is 11.5 Å². The highest BCUT2D eigenvalue weighted by Crippen LogP contribution is 2.40. The molecule has 2 atom stereocenters. The molecule has 0 saturated carbocycles. The lowest BCUT2D eigenvalue weighted by molar-refractivity contribution is -0.140. The summed E-state index contributed by atoms with van der Waals surface area (Å²) in [5.41, 5.74) is 1.34. The number of aliphatic hydroxyl groups is 1. The minimum absolute atomic E-state index is 0.0968. The van der Waals surface area contributed by atoms with E-state index < -0.39 is 17.7 Å². The van der Waals surface area contributed by atoms with E-state index in [0.29, 0.717) is 24.5 Å². The molecule has 6 nitrogen and oxygen atoms in total. The molecule has 1 amide bonds. The summed E-state index contributed by atoms with van der Waals surface area (Å²) in [7, 11) is 1.56. The number of nitrogens with zero attached hydrogens (tertiary/aromatic N) is 1. The van der Waals surface area contributed by atoms with Gasteiger partial charge in [-0.15, -0.1) is 0 Å². The molecule has 0 aromatic heterocycles. The molecule has 2 aromatic rings. The predicted molar refractivity (Wildman–Crippen MR) is 107 cm³/mol. The molecule has 2 fully saturated rings. The lowest BCUT2D eigenvalue weighted by atomic mass is 9.95. The average Bonchev–Trinajstić information content (AvgIpc) is 3.36. The van der Waals surface area contributed by atoms with Crippen LogP contribution in [0.15, 0.2) is 60.2 Å². The van der Waals surface area contributed by atoms with Crippen molar-refractivity contribution in [2.24, 2.45) is 0 Å². The summed E-state index contributed by atoms with van der Waals surface area (Å²) in [6, 6.07) is 15.4. The number of rotatable bonds is 5. The third-order valence-electron chi connectivity index (χ3n) is 5.44. The molecular formula is C23H23NO5. The topological polar surface area (TPSA) is 76.1 Å². The zero-order valence-electron chi connectivity index (χ0n) is 16.2. The molecule has 0 bridgehead atoms. The quantitative estimate of drug-likeness (QED) is 0.479. The second kappa shape index (κ2) is 8.09. The minimum Gasteiger partial charge on any atom is -0.507 e.